The van der Waals surface area contributed by atoms with Gasteiger partial charge in [0.2, 0.25) is 0 Å². The molecule has 1 N–H and O–H groups in total. The molecule has 3 aromatic heterocycles. The minimum Gasteiger partial charge on any atom is -0.451 e. The van der Waals surface area contributed by atoms with Crippen molar-refractivity contribution in [2.45, 2.75) is 13.2 Å². The lowest BCUT2D eigenvalue weighted by Gasteiger charge is -2.02. The number of nitrogens with zero attached hydrogens (tertiary/aromatic N) is 3. The van der Waals surface area contributed by atoms with E-state index in [1.54, 1.807) is 17.5 Å². The number of nitrogens with one attached hydrogen (secondary N) is 1. The number of benzene rings is 1. The van der Waals surface area contributed by atoms with Crippen LogP contribution in [0.3, 0.4) is 0 Å². The number of ether oxygens (including phenoxy) is 1. The fourth-order valence-corrected chi connectivity index (χ4v) is 3.25. The molecule has 0 unspecified atom stereocenters. The van der Waals surface area contributed by atoms with Crippen LogP contribution in [0.1, 0.15) is 21.9 Å². The highest BCUT2D eigenvalue weighted by molar-refractivity contribution is 9.10. The van der Waals surface area contributed by atoms with Gasteiger partial charge in [0.15, 0.2) is 27.9 Å². The van der Waals surface area contributed by atoms with Crippen LogP contribution in [0, 0.1) is 0 Å². The number of aromatic nitrogens is 3. The molecular weight excluding hydrogens is 448 g/mol. The van der Waals surface area contributed by atoms with Gasteiger partial charge in [-0.25, -0.2) is 9.78 Å². The second-order valence-corrected chi connectivity index (χ2v) is 7.20. The first-order chi connectivity index (χ1) is 13.7. The van der Waals surface area contributed by atoms with Gasteiger partial charge in [-0.15, -0.1) is 21.5 Å². The largest absolute Gasteiger partial charge is 0.451 e. The molecule has 0 radical (unpaired) electrons. The SMILES string of the molecule is O=C(OCc1nnc(-c2ccc(Br)o2)o1)c1csc(NCc2ccccc2)n1. The maximum absolute atomic E-state index is 12.2. The number of esters is 1. The lowest BCUT2D eigenvalue weighted by Crippen LogP contribution is -2.06. The average Bonchev–Trinajstić information content (AvgIpc) is 3.46. The summed E-state index contributed by atoms with van der Waals surface area (Å²) < 4.78 is 16.5. The third kappa shape index (κ3) is 4.46. The maximum Gasteiger partial charge on any atom is 0.358 e. The highest BCUT2D eigenvalue weighted by Crippen LogP contribution is 2.24. The number of carbonyl (C=O) groups excluding carboxylic acids is 1. The number of hydrogen-bond acceptors (Lipinski definition) is 9. The maximum atomic E-state index is 12.2. The Hall–Kier alpha value is -2.98. The lowest BCUT2D eigenvalue weighted by atomic mass is 10.2. The molecule has 0 amide bonds. The zero-order valence-electron chi connectivity index (χ0n) is 14.3. The van der Waals surface area contributed by atoms with E-state index in [0.29, 0.717) is 22.1 Å². The topological polar surface area (TPSA) is 103 Å². The molecule has 3 heterocycles. The van der Waals surface area contributed by atoms with Crippen LogP contribution in [0.4, 0.5) is 5.13 Å². The van der Waals surface area contributed by atoms with E-state index in [2.05, 4.69) is 36.4 Å². The number of thiazole rings is 1. The van der Waals surface area contributed by atoms with Crippen LogP contribution >= 0.6 is 27.3 Å². The van der Waals surface area contributed by atoms with Gasteiger partial charge in [-0.1, -0.05) is 30.3 Å². The number of furan rings is 1. The Balaban J connectivity index is 1.31. The first-order valence-corrected chi connectivity index (χ1v) is 9.83. The molecule has 4 rings (SSSR count). The van der Waals surface area contributed by atoms with Crippen LogP contribution in [-0.2, 0) is 17.9 Å². The molecule has 0 aliphatic carbocycles. The van der Waals surface area contributed by atoms with Gasteiger partial charge in [-0.2, -0.15) is 0 Å². The smallest absolute Gasteiger partial charge is 0.358 e. The van der Waals surface area contributed by atoms with Crippen LogP contribution in [0.15, 0.2) is 61.3 Å². The minimum atomic E-state index is -0.565. The fourth-order valence-electron chi connectivity index (χ4n) is 2.26. The van der Waals surface area contributed by atoms with Crippen molar-refractivity contribution < 1.29 is 18.4 Å². The van der Waals surface area contributed by atoms with Gasteiger partial charge in [0, 0.05) is 11.9 Å². The molecular formula is C18H13BrN4O4S. The van der Waals surface area contributed by atoms with Gasteiger partial charge in [0.25, 0.3) is 11.8 Å². The minimum absolute atomic E-state index is 0.155. The predicted molar refractivity (Wildman–Crippen MR) is 105 cm³/mol. The number of hydrogen-bond donors (Lipinski definition) is 1. The van der Waals surface area contributed by atoms with Crippen molar-refractivity contribution in [3.63, 3.8) is 0 Å². The Morgan fingerprint density at radius 2 is 2.00 bits per heavy atom. The summed E-state index contributed by atoms with van der Waals surface area (Å²) in [5.74, 6) is 0.224. The summed E-state index contributed by atoms with van der Waals surface area (Å²) in [4.78, 5) is 16.4. The molecule has 0 saturated carbocycles. The molecule has 4 aromatic rings. The van der Waals surface area contributed by atoms with E-state index in [4.69, 9.17) is 13.6 Å². The molecule has 0 fully saturated rings. The Kier molecular flexibility index (Phi) is 5.49. The van der Waals surface area contributed by atoms with E-state index in [9.17, 15) is 4.79 Å². The number of halogens is 1. The second kappa shape index (κ2) is 8.36. The highest BCUT2D eigenvalue weighted by Gasteiger charge is 2.16. The molecule has 0 bridgehead atoms. The summed E-state index contributed by atoms with van der Waals surface area (Å²) in [6, 6.07) is 13.3. The summed E-state index contributed by atoms with van der Waals surface area (Å²) in [5.41, 5.74) is 1.34. The molecule has 0 atom stereocenters. The Morgan fingerprint density at radius 1 is 1.14 bits per heavy atom. The first-order valence-electron chi connectivity index (χ1n) is 8.16. The molecule has 142 valence electrons. The summed E-state index contributed by atoms with van der Waals surface area (Å²) in [7, 11) is 0. The van der Waals surface area contributed by atoms with E-state index in [-0.39, 0.29) is 24.1 Å². The van der Waals surface area contributed by atoms with Gasteiger partial charge >= 0.3 is 5.97 Å². The standard InChI is InChI=1S/C18H13BrN4O4S/c19-14-7-6-13(26-14)16-23-22-15(27-16)9-25-17(24)12-10-28-18(21-12)20-8-11-4-2-1-3-5-11/h1-7,10H,8-9H2,(H,20,21). The Labute approximate surface area is 171 Å². The predicted octanol–water partition coefficient (Wildman–Crippen LogP) is 4.52. The van der Waals surface area contributed by atoms with E-state index >= 15 is 0 Å². The van der Waals surface area contributed by atoms with Gasteiger partial charge in [-0.05, 0) is 33.6 Å². The molecule has 8 nitrogen and oxygen atoms in total. The van der Waals surface area contributed by atoms with Crippen LogP contribution in [0.5, 0.6) is 0 Å². The van der Waals surface area contributed by atoms with Gasteiger partial charge < -0.3 is 18.9 Å². The van der Waals surface area contributed by atoms with Crippen molar-refractivity contribution in [1.82, 2.24) is 15.2 Å². The van der Waals surface area contributed by atoms with Crippen molar-refractivity contribution in [3.05, 3.63) is 69.7 Å². The van der Waals surface area contributed by atoms with E-state index < -0.39 is 5.97 Å². The second-order valence-electron chi connectivity index (χ2n) is 5.56. The van der Waals surface area contributed by atoms with Crippen molar-refractivity contribution in [2.24, 2.45) is 0 Å². The number of rotatable bonds is 7. The molecule has 0 saturated heterocycles. The third-order valence-electron chi connectivity index (χ3n) is 3.58. The normalized spacial score (nSPS) is 10.8. The first kappa shape index (κ1) is 18.4. The van der Waals surface area contributed by atoms with Crippen molar-refractivity contribution in [1.29, 1.82) is 0 Å². The van der Waals surface area contributed by atoms with E-state index in [1.165, 1.54) is 11.3 Å². The Morgan fingerprint density at radius 3 is 2.79 bits per heavy atom. The fraction of sp³-hybridized carbons (Fsp3) is 0.111. The highest BCUT2D eigenvalue weighted by atomic mass is 79.9. The molecule has 0 aliphatic rings. The summed E-state index contributed by atoms with van der Waals surface area (Å²) in [6.45, 7) is 0.467. The summed E-state index contributed by atoms with van der Waals surface area (Å²) >= 11 is 4.53. The van der Waals surface area contributed by atoms with Gasteiger partial charge in [0.1, 0.15) is 0 Å². The van der Waals surface area contributed by atoms with Crippen molar-refractivity contribution >= 4 is 38.4 Å². The zero-order chi connectivity index (χ0) is 19.3. The van der Waals surface area contributed by atoms with Crippen molar-refractivity contribution in [2.75, 3.05) is 5.32 Å². The average molecular weight is 461 g/mol. The van der Waals surface area contributed by atoms with Gasteiger partial charge in [-0.3, -0.25) is 0 Å². The van der Waals surface area contributed by atoms with Crippen LogP contribution in [0.25, 0.3) is 11.7 Å². The monoisotopic (exact) mass is 460 g/mol. The summed E-state index contributed by atoms with van der Waals surface area (Å²) in [5, 5.41) is 13.1. The molecule has 0 aliphatic heterocycles. The molecule has 10 heteroatoms. The zero-order valence-corrected chi connectivity index (χ0v) is 16.7. The number of anilines is 1. The van der Waals surface area contributed by atoms with E-state index in [0.717, 1.165) is 5.56 Å². The third-order valence-corrected chi connectivity index (χ3v) is 4.80. The molecule has 0 spiro atoms. The van der Waals surface area contributed by atoms with Crippen LogP contribution < -0.4 is 5.32 Å². The quantitative estimate of drug-likeness (QED) is 0.401. The number of carbonyl (C=O) groups is 1. The lowest BCUT2D eigenvalue weighted by molar-refractivity contribution is 0.0432. The molecule has 1 aromatic carbocycles. The van der Waals surface area contributed by atoms with E-state index in [1.807, 2.05) is 30.3 Å². The Bertz CT molecular complexity index is 1080. The van der Waals surface area contributed by atoms with Gasteiger partial charge in [0.05, 0.1) is 0 Å². The van der Waals surface area contributed by atoms with Crippen LogP contribution in [-0.4, -0.2) is 21.2 Å². The summed E-state index contributed by atoms with van der Waals surface area (Å²) in [6.07, 6.45) is 0. The van der Waals surface area contributed by atoms with Crippen molar-refractivity contribution in [3.8, 4) is 11.7 Å². The van der Waals surface area contributed by atoms with Crippen LogP contribution in [0.2, 0.25) is 0 Å². The molecule has 28 heavy (non-hydrogen) atoms.